The lowest BCUT2D eigenvalue weighted by molar-refractivity contribution is -0.385. The number of nitrogens with one attached hydrogen (secondary N) is 1. The minimum atomic E-state index is -3.70. The van der Waals surface area contributed by atoms with Gasteiger partial charge in [-0.15, -0.1) is 0 Å². The summed E-state index contributed by atoms with van der Waals surface area (Å²) in [5.74, 6) is -1.48. The molecule has 0 heterocycles. The highest BCUT2D eigenvalue weighted by molar-refractivity contribution is 7.89. The van der Waals surface area contributed by atoms with Crippen LogP contribution in [-0.4, -0.2) is 49.7 Å². The molecule has 0 saturated carbocycles. The third-order valence-corrected chi connectivity index (χ3v) is 6.26. The van der Waals surface area contributed by atoms with Crippen LogP contribution in [0.4, 0.5) is 11.4 Å². The standard InChI is InChI=1S/C20H23N3O7S/c1-13-9-10-16(31(28,29)22(3)4)12-17(13)21-20(25)14(2)30-19(24)11-15-7-5-6-8-18(15)23(26)27/h5-10,12,14H,11H2,1-4H3,(H,21,25)/t14-/m1/s1. The average Bonchev–Trinajstić information content (AvgIpc) is 2.69. The van der Waals surface area contributed by atoms with Gasteiger partial charge in [-0.25, -0.2) is 12.7 Å². The van der Waals surface area contributed by atoms with Gasteiger partial charge in [-0.05, 0) is 31.5 Å². The van der Waals surface area contributed by atoms with Crippen molar-refractivity contribution in [1.82, 2.24) is 4.31 Å². The van der Waals surface area contributed by atoms with E-state index in [4.69, 9.17) is 4.74 Å². The molecule has 2 rings (SSSR count). The van der Waals surface area contributed by atoms with Crippen molar-refractivity contribution < 1.29 is 27.7 Å². The van der Waals surface area contributed by atoms with Crippen molar-refractivity contribution in [2.45, 2.75) is 31.3 Å². The second-order valence-corrected chi connectivity index (χ2v) is 9.10. The lowest BCUT2D eigenvalue weighted by Crippen LogP contribution is -2.31. The minimum absolute atomic E-state index is 0.000523. The second kappa shape index (κ2) is 9.67. The Morgan fingerprint density at radius 2 is 1.84 bits per heavy atom. The van der Waals surface area contributed by atoms with Crippen molar-refractivity contribution in [3.63, 3.8) is 0 Å². The van der Waals surface area contributed by atoms with E-state index in [9.17, 15) is 28.1 Å². The summed E-state index contributed by atoms with van der Waals surface area (Å²) in [6.07, 6.45) is -1.58. The molecule has 166 valence electrons. The van der Waals surface area contributed by atoms with Gasteiger partial charge in [0, 0.05) is 31.4 Å². The fourth-order valence-electron chi connectivity index (χ4n) is 2.63. The first-order valence-electron chi connectivity index (χ1n) is 9.19. The number of carbonyl (C=O) groups is 2. The number of rotatable bonds is 8. The van der Waals surface area contributed by atoms with Crippen LogP contribution in [0.3, 0.4) is 0 Å². The predicted molar refractivity (Wildman–Crippen MR) is 113 cm³/mol. The van der Waals surface area contributed by atoms with Crippen molar-refractivity contribution >= 4 is 33.3 Å². The van der Waals surface area contributed by atoms with E-state index in [1.165, 1.54) is 51.4 Å². The van der Waals surface area contributed by atoms with E-state index in [0.29, 0.717) is 5.56 Å². The first kappa shape index (κ1) is 24.0. The number of aryl methyl sites for hydroxylation is 1. The number of carbonyl (C=O) groups excluding carboxylic acids is 2. The van der Waals surface area contributed by atoms with Gasteiger partial charge in [0.05, 0.1) is 16.2 Å². The summed E-state index contributed by atoms with van der Waals surface area (Å²) >= 11 is 0. The molecule has 31 heavy (non-hydrogen) atoms. The molecule has 0 spiro atoms. The van der Waals surface area contributed by atoms with Crippen LogP contribution in [0.2, 0.25) is 0 Å². The van der Waals surface area contributed by atoms with Crippen LogP contribution in [0.25, 0.3) is 0 Å². The van der Waals surface area contributed by atoms with Gasteiger partial charge in [-0.3, -0.25) is 19.7 Å². The SMILES string of the molecule is Cc1ccc(S(=O)(=O)N(C)C)cc1NC(=O)[C@@H](C)OC(=O)Cc1ccccc1[N+](=O)[O-]. The van der Waals surface area contributed by atoms with E-state index in [-0.39, 0.29) is 28.3 Å². The maximum Gasteiger partial charge on any atom is 0.311 e. The van der Waals surface area contributed by atoms with Crippen LogP contribution in [0.1, 0.15) is 18.1 Å². The van der Waals surface area contributed by atoms with Gasteiger partial charge in [-0.1, -0.05) is 24.3 Å². The van der Waals surface area contributed by atoms with Crippen molar-refractivity contribution in [1.29, 1.82) is 0 Å². The van der Waals surface area contributed by atoms with Gasteiger partial charge in [0.15, 0.2) is 6.10 Å². The zero-order chi connectivity index (χ0) is 23.3. The van der Waals surface area contributed by atoms with Gasteiger partial charge < -0.3 is 10.1 Å². The lowest BCUT2D eigenvalue weighted by atomic mass is 10.1. The fraction of sp³-hybridized carbons (Fsp3) is 0.300. The second-order valence-electron chi connectivity index (χ2n) is 6.95. The van der Waals surface area contributed by atoms with Crippen LogP contribution in [-0.2, 0) is 30.8 Å². The summed E-state index contributed by atoms with van der Waals surface area (Å²) in [6.45, 7) is 3.04. The molecule has 0 aliphatic rings. The molecule has 0 unspecified atom stereocenters. The molecule has 0 aliphatic heterocycles. The number of benzene rings is 2. The Morgan fingerprint density at radius 1 is 1.19 bits per heavy atom. The molecule has 0 aliphatic carbocycles. The third-order valence-electron chi connectivity index (χ3n) is 4.45. The Hall–Kier alpha value is -3.31. The Kier molecular flexibility index (Phi) is 7.47. The zero-order valence-corrected chi connectivity index (χ0v) is 18.3. The smallest absolute Gasteiger partial charge is 0.311 e. The highest BCUT2D eigenvalue weighted by atomic mass is 32.2. The van der Waals surface area contributed by atoms with E-state index in [2.05, 4.69) is 5.32 Å². The lowest BCUT2D eigenvalue weighted by Gasteiger charge is -2.17. The molecule has 2 aromatic rings. The van der Waals surface area contributed by atoms with Crippen LogP contribution in [0, 0.1) is 17.0 Å². The van der Waals surface area contributed by atoms with E-state index in [0.717, 1.165) is 4.31 Å². The van der Waals surface area contributed by atoms with E-state index in [1.54, 1.807) is 19.1 Å². The van der Waals surface area contributed by atoms with Crippen LogP contribution < -0.4 is 5.32 Å². The average molecular weight is 449 g/mol. The van der Waals surface area contributed by atoms with Gasteiger partial charge in [0.1, 0.15) is 0 Å². The van der Waals surface area contributed by atoms with E-state index >= 15 is 0 Å². The molecular weight excluding hydrogens is 426 g/mol. The monoisotopic (exact) mass is 449 g/mol. The van der Waals surface area contributed by atoms with Gasteiger partial charge >= 0.3 is 5.97 Å². The quantitative estimate of drug-likeness (QED) is 0.371. The van der Waals surface area contributed by atoms with Crippen LogP contribution in [0.5, 0.6) is 0 Å². The topological polar surface area (TPSA) is 136 Å². The number of nitrogens with zero attached hydrogens (tertiary/aromatic N) is 2. The molecular formula is C20H23N3O7S. The Balaban J connectivity index is 2.10. The molecule has 2 aromatic carbocycles. The van der Waals surface area contributed by atoms with E-state index in [1.807, 2.05) is 0 Å². The molecule has 0 radical (unpaired) electrons. The number of esters is 1. The molecule has 0 aromatic heterocycles. The first-order chi connectivity index (χ1) is 14.4. The number of sulfonamides is 1. The summed E-state index contributed by atoms with van der Waals surface area (Å²) in [5, 5.41) is 13.6. The summed E-state index contributed by atoms with van der Waals surface area (Å²) < 4.78 is 30.8. The zero-order valence-electron chi connectivity index (χ0n) is 17.5. The molecule has 1 N–H and O–H groups in total. The molecule has 1 amide bonds. The van der Waals surface area contributed by atoms with Crippen molar-refractivity contribution in [3.05, 3.63) is 63.7 Å². The van der Waals surface area contributed by atoms with Crippen molar-refractivity contribution in [3.8, 4) is 0 Å². The van der Waals surface area contributed by atoms with Crippen molar-refractivity contribution in [2.75, 3.05) is 19.4 Å². The number of ether oxygens (including phenoxy) is 1. The molecule has 10 nitrogen and oxygen atoms in total. The molecule has 0 saturated heterocycles. The van der Waals surface area contributed by atoms with Crippen LogP contribution in [0.15, 0.2) is 47.4 Å². The number of amides is 1. The van der Waals surface area contributed by atoms with Gasteiger partial charge in [0.2, 0.25) is 10.0 Å². The maximum absolute atomic E-state index is 12.5. The number of hydrogen-bond acceptors (Lipinski definition) is 7. The number of nitro groups is 1. The predicted octanol–water partition coefficient (Wildman–Crippen LogP) is 2.27. The molecule has 0 fully saturated rings. The molecule has 11 heteroatoms. The Labute approximate surface area is 180 Å². The van der Waals surface area contributed by atoms with Gasteiger partial charge in [-0.2, -0.15) is 0 Å². The molecule has 1 atom stereocenters. The van der Waals surface area contributed by atoms with Crippen molar-refractivity contribution in [2.24, 2.45) is 0 Å². The highest BCUT2D eigenvalue weighted by Crippen LogP contribution is 2.23. The summed E-state index contributed by atoms with van der Waals surface area (Å²) in [5.41, 5.74) is 0.827. The summed E-state index contributed by atoms with van der Waals surface area (Å²) in [4.78, 5) is 35.1. The first-order valence-corrected chi connectivity index (χ1v) is 10.6. The number of para-hydroxylation sites is 1. The Morgan fingerprint density at radius 3 is 2.45 bits per heavy atom. The number of anilines is 1. The highest BCUT2D eigenvalue weighted by Gasteiger charge is 2.23. The normalized spacial score (nSPS) is 12.3. The largest absolute Gasteiger partial charge is 0.452 e. The minimum Gasteiger partial charge on any atom is -0.452 e. The summed E-state index contributed by atoms with van der Waals surface area (Å²) in [6, 6.07) is 10.1. The maximum atomic E-state index is 12.5. The van der Waals surface area contributed by atoms with E-state index < -0.39 is 32.9 Å². The van der Waals surface area contributed by atoms with Crippen LogP contribution >= 0.6 is 0 Å². The fourth-order valence-corrected chi connectivity index (χ4v) is 3.56. The summed E-state index contributed by atoms with van der Waals surface area (Å²) in [7, 11) is -0.906. The molecule has 0 bridgehead atoms. The Bertz CT molecular complexity index is 1110. The number of nitro benzene ring substituents is 1. The van der Waals surface area contributed by atoms with Gasteiger partial charge in [0.25, 0.3) is 11.6 Å². The third kappa shape index (κ3) is 5.86. The number of hydrogen-bond donors (Lipinski definition) is 1.